The molecule has 0 amide bonds. The molecule has 4 N–H and O–H groups in total. The summed E-state index contributed by atoms with van der Waals surface area (Å²) in [6.45, 7) is 3.44. The first kappa shape index (κ1) is 54.5. The van der Waals surface area contributed by atoms with Crippen LogP contribution < -0.4 is 0 Å². The summed E-state index contributed by atoms with van der Waals surface area (Å²) in [7, 11) is 0. The zero-order chi connectivity index (χ0) is 42.3. The van der Waals surface area contributed by atoms with Gasteiger partial charge in [0.2, 0.25) is 0 Å². The summed E-state index contributed by atoms with van der Waals surface area (Å²) in [4.78, 5) is 25.4. The van der Waals surface area contributed by atoms with Crippen molar-refractivity contribution < 1.29 is 49.0 Å². The number of ether oxygens (including phenoxy) is 4. The number of esters is 2. The molecular weight excluding hydrogens is 737 g/mol. The number of hydrogen-bond donors (Lipinski definition) is 4. The Morgan fingerprint density at radius 3 is 1.36 bits per heavy atom. The minimum Gasteiger partial charge on any atom is -0.462 e. The molecule has 1 fully saturated rings. The molecule has 0 radical (unpaired) electrons. The van der Waals surface area contributed by atoms with Crippen molar-refractivity contribution in [3.05, 3.63) is 12.2 Å². The van der Waals surface area contributed by atoms with Gasteiger partial charge in [0.25, 0.3) is 0 Å². The first-order valence-electron chi connectivity index (χ1n) is 24.3. The molecule has 0 aromatic rings. The fourth-order valence-electron chi connectivity index (χ4n) is 7.54. The third kappa shape index (κ3) is 30.5. The lowest BCUT2D eigenvalue weighted by Gasteiger charge is -2.39. The molecule has 0 bridgehead atoms. The molecule has 0 saturated carbocycles. The van der Waals surface area contributed by atoms with E-state index >= 15 is 0 Å². The number of hydrogen-bond acceptors (Lipinski definition) is 10. The van der Waals surface area contributed by atoms with Crippen molar-refractivity contribution in [2.45, 2.75) is 263 Å². The Hall–Kier alpha value is -1.56. The lowest BCUT2D eigenvalue weighted by molar-refractivity contribution is -0.305. The molecule has 1 rings (SSSR count). The average Bonchev–Trinajstić information content (AvgIpc) is 3.22. The van der Waals surface area contributed by atoms with E-state index in [4.69, 9.17) is 18.9 Å². The quantitative estimate of drug-likeness (QED) is 0.0266. The molecule has 1 heterocycles. The maximum absolute atomic E-state index is 12.8. The second-order valence-corrected chi connectivity index (χ2v) is 16.9. The second-order valence-electron chi connectivity index (χ2n) is 16.9. The highest BCUT2D eigenvalue weighted by molar-refractivity contribution is 5.70. The summed E-state index contributed by atoms with van der Waals surface area (Å²) in [5.41, 5.74) is 0. The molecule has 342 valence electrons. The number of carbonyl (C=O) groups is 2. The highest BCUT2D eigenvalue weighted by Crippen LogP contribution is 2.23. The average molecular weight is 827 g/mol. The van der Waals surface area contributed by atoms with E-state index in [9.17, 15) is 30.0 Å². The van der Waals surface area contributed by atoms with Gasteiger partial charge in [-0.15, -0.1) is 0 Å². The van der Waals surface area contributed by atoms with E-state index in [2.05, 4.69) is 26.0 Å². The van der Waals surface area contributed by atoms with Gasteiger partial charge in [0.1, 0.15) is 31.0 Å². The van der Waals surface area contributed by atoms with Crippen LogP contribution >= 0.6 is 0 Å². The van der Waals surface area contributed by atoms with Gasteiger partial charge in [0.15, 0.2) is 12.4 Å². The summed E-state index contributed by atoms with van der Waals surface area (Å²) < 4.78 is 22.2. The zero-order valence-corrected chi connectivity index (χ0v) is 37.3. The van der Waals surface area contributed by atoms with E-state index in [1.54, 1.807) is 0 Å². The summed E-state index contributed by atoms with van der Waals surface area (Å²) >= 11 is 0. The van der Waals surface area contributed by atoms with E-state index in [0.29, 0.717) is 6.42 Å². The molecule has 0 aromatic heterocycles. The van der Waals surface area contributed by atoms with Gasteiger partial charge < -0.3 is 39.4 Å². The SMILES string of the molecule is CCCCCC/C=C/CCCCCCCCCC(=O)O[C@@H](COC(=O)CCCCCCCCCCCCCCCCCCCC)CO[C@H]1O[C@@H](CO)[C@@H](O)C(O)C1O. The van der Waals surface area contributed by atoms with Crippen LogP contribution in [-0.4, -0.2) is 89.0 Å². The van der Waals surface area contributed by atoms with Crippen molar-refractivity contribution in [3.63, 3.8) is 0 Å². The van der Waals surface area contributed by atoms with Crippen molar-refractivity contribution >= 4 is 11.9 Å². The van der Waals surface area contributed by atoms with Gasteiger partial charge in [-0.25, -0.2) is 0 Å². The standard InChI is InChI=1S/C48H90O10/c1-3-5-7-9-11-13-15-17-19-20-21-23-24-26-28-30-32-34-36-43(50)55-39-41(40-56-48-47(54)46(53)45(52)42(38-49)58-48)57-44(51)37-35-33-31-29-27-25-22-18-16-14-12-10-8-6-4-2/h14,16,41-42,45-49,52-54H,3-13,15,17-40H2,1-2H3/b16-14+/t41-,42-,45+,46?,47?,48-/m0/s1. The minimum absolute atomic E-state index is 0.213. The molecule has 1 aliphatic heterocycles. The van der Waals surface area contributed by atoms with Gasteiger partial charge in [0.05, 0.1) is 13.2 Å². The Morgan fingerprint density at radius 2 is 0.914 bits per heavy atom. The van der Waals surface area contributed by atoms with Gasteiger partial charge >= 0.3 is 11.9 Å². The molecule has 1 aliphatic rings. The van der Waals surface area contributed by atoms with Crippen LogP contribution in [0.1, 0.15) is 226 Å². The first-order valence-corrected chi connectivity index (χ1v) is 24.3. The molecule has 10 heteroatoms. The summed E-state index contributed by atoms with van der Waals surface area (Å²) in [5, 5.41) is 40.1. The third-order valence-electron chi connectivity index (χ3n) is 11.4. The largest absolute Gasteiger partial charge is 0.462 e. The van der Waals surface area contributed by atoms with E-state index < -0.39 is 49.4 Å². The number of aliphatic hydroxyl groups is 4. The second kappa shape index (κ2) is 39.6. The molecule has 58 heavy (non-hydrogen) atoms. The van der Waals surface area contributed by atoms with Gasteiger partial charge in [-0.05, 0) is 38.5 Å². The summed E-state index contributed by atoms with van der Waals surface area (Å²) in [5.74, 6) is -0.799. The van der Waals surface area contributed by atoms with Crippen LogP contribution in [-0.2, 0) is 28.5 Å². The lowest BCUT2D eigenvalue weighted by Crippen LogP contribution is -2.59. The molecule has 1 saturated heterocycles. The minimum atomic E-state index is -1.59. The fraction of sp³-hybridized carbons (Fsp3) is 0.917. The molecule has 0 spiro atoms. The predicted molar refractivity (Wildman–Crippen MR) is 233 cm³/mol. The van der Waals surface area contributed by atoms with Crippen LogP contribution in [0.2, 0.25) is 0 Å². The maximum Gasteiger partial charge on any atom is 0.306 e. The molecular formula is C48H90O10. The smallest absolute Gasteiger partial charge is 0.306 e. The van der Waals surface area contributed by atoms with Crippen LogP contribution in [0.15, 0.2) is 12.2 Å². The van der Waals surface area contributed by atoms with Crippen molar-refractivity contribution in [1.29, 1.82) is 0 Å². The summed E-state index contributed by atoms with van der Waals surface area (Å²) in [6, 6.07) is 0. The van der Waals surface area contributed by atoms with Crippen molar-refractivity contribution in [2.75, 3.05) is 19.8 Å². The van der Waals surface area contributed by atoms with Crippen LogP contribution in [0, 0.1) is 0 Å². The maximum atomic E-state index is 12.8. The number of rotatable bonds is 41. The molecule has 6 atom stereocenters. The van der Waals surface area contributed by atoms with Crippen molar-refractivity contribution in [3.8, 4) is 0 Å². The Balaban J connectivity index is 2.27. The van der Waals surface area contributed by atoms with Gasteiger partial charge in [-0.2, -0.15) is 0 Å². The third-order valence-corrected chi connectivity index (χ3v) is 11.4. The fourth-order valence-corrected chi connectivity index (χ4v) is 7.54. The summed E-state index contributed by atoms with van der Waals surface area (Å²) in [6.07, 6.45) is 35.0. The van der Waals surface area contributed by atoms with Crippen molar-refractivity contribution in [1.82, 2.24) is 0 Å². The number of aliphatic hydroxyl groups excluding tert-OH is 4. The normalized spacial score (nSPS) is 20.1. The van der Waals surface area contributed by atoms with E-state index in [1.165, 1.54) is 148 Å². The van der Waals surface area contributed by atoms with Gasteiger partial charge in [-0.3, -0.25) is 9.59 Å². The van der Waals surface area contributed by atoms with Crippen molar-refractivity contribution in [2.24, 2.45) is 0 Å². The van der Waals surface area contributed by atoms with Crippen LogP contribution in [0.25, 0.3) is 0 Å². The predicted octanol–water partition coefficient (Wildman–Crippen LogP) is 10.7. The van der Waals surface area contributed by atoms with Crippen LogP contribution in [0.3, 0.4) is 0 Å². The molecule has 0 aromatic carbocycles. The topological polar surface area (TPSA) is 152 Å². The Bertz CT molecular complexity index is 959. The molecule has 0 aliphatic carbocycles. The van der Waals surface area contributed by atoms with E-state index in [0.717, 1.165) is 44.9 Å². The molecule has 2 unspecified atom stereocenters. The Kier molecular flexibility index (Phi) is 37.2. The van der Waals surface area contributed by atoms with Crippen LogP contribution in [0.4, 0.5) is 0 Å². The van der Waals surface area contributed by atoms with Gasteiger partial charge in [0, 0.05) is 12.8 Å². The number of unbranched alkanes of at least 4 members (excludes halogenated alkanes) is 28. The van der Waals surface area contributed by atoms with Crippen LogP contribution in [0.5, 0.6) is 0 Å². The van der Waals surface area contributed by atoms with E-state index in [1.807, 2.05) is 0 Å². The molecule has 10 nitrogen and oxygen atoms in total. The van der Waals surface area contributed by atoms with E-state index in [-0.39, 0.29) is 32.0 Å². The Morgan fingerprint density at radius 1 is 0.517 bits per heavy atom. The van der Waals surface area contributed by atoms with Gasteiger partial charge in [-0.1, -0.05) is 187 Å². The highest BCUT2D eigenvalue weighted by atomic mass is 16.7. The number of carbonyl (C=O) groups excluding carboxylic acids is 2. The first-order chi connectivity index (χ1) is 28.3. The zero-order valence-electron chi connectivity index (χ0n) is 37.3. The lowest BCUT2D eigenvalue weighted by atomic mass is 9.99. The highest BCUT2D eigenvalue weighted by Gasteiger charge is 2.44. The monoisotopic (exact) mass is 827 g/mol. The number of allylic oxidation sites excluding steroid dienone is 2. The Labute approximate surface area is 354 Å².